The zero-order valence-corrected chi connectivity index (χ0v) is 11.0. The molecule has 3 N–H and O–H groups in total. The number of nitrogens with one attached hydrogen (secondary N) is 1. The van der Waals surface area contributed by atoms with Gasteiger partial charge in [0.2, 0.25) is 5.91 Å². The zero-order valence-electron chi connectivity index (χ0n) is 10.2. The monoisotopic (exact) mass is 248 g/mol. The van der Waals surface area contributed by atoms with Crippen molar-refractivity contribution in [2.45, 2.75) is 45.4 Å². The Bertz CT molecular complexity index is 199. The summed E-state index contributed by atoms with van der Waals surface area (Å²) < 4.78 is 0. The van der Waals surface area contributed by atoms with Crippen molar-refractivity contribution in [1.29, 1.82) is 0 Å². The molecular weight excluding hydrogens is 224 g/mol. The Morgan fingerprint density at radius 2 is 2.19 bits per heavy atom. The van der Waals surface area contributed by atoms with Crippen molar-refractivity contribution in [3.63, 3.8) is 0 Å². The standard InChI is InChI=1S/C12H24N2O.ClH/c1-10-4-2-5-11(8-10)9-12(15)14-7-3-6-13;/h10-11H,2-9,13H2,1H3,(H,14,15);1H. The van der Waals surface area contributed by atoms with Gasteiger partial charge in [0.1, 0.15) is 0 Å². The van der Waals surface area contributed by atoms with Crippen molar-refractivity contribution in [1.82, 2.24) is 5.32 Å². The van der Waals surface area contributed by atoms with Crippen LogP contribution in [0.15, 0.2) is 0 Å². The molecule has 0 aliphatic heterocycles. The molecule has 1 aliphatic rings. The van der Waals surface area contributed by atoms with E-state index in [9.17, 15) is 4.79 Å². The van der Waals surface area contributed by atoms with E-state index < -0.39 is 0 Å². The average Bonchev–Trinajstić information content (AvgIpc) is 2.18. The van der Waals surface area contributed by atoms with E-state index >= 15 is 0 Å². The molecule has 96 valence electrons. The molecule has 0 aromatic carbocycles. The molecule has 0 aromatic rings. The third-order valence-electron chi connectivity index (χ3n) is 3.22. The van der Waals surface area contributed by atoms with Crippen LogP contribution in [0, 0.1) is 11.8 Å². The third kappa shape index (κ3) is 6.33. The van der Waals surface area contributed by atoms with Crippen molar-refractivity contribution < 1.29 is 4.79 Å². The van der Waals surface area contributed by atoms with Gasteiger partial charge in [-0.05, 0) is 37.6 Å². The van der Waals surface area contributed by atoms with Gasteiger partial charge in [0.15, 0.2) is 0 Å². The largest absolute Gasteiger partial charge is 0.356 e. The smallest absolute Gasteiger partial charge is 0.220 e. The first-order valence-corrected chi connectivity index (χ1v) is 6.19. The molecule has 4 heteroatoms. The number of rotatable bonds is 5. The van der Waals surface area contributed by atoms with Crippen LogP contribution in [0.2, 0.25) is 0 Å². The SMILES string of the molecule is CC1CCCC(CC(=O)NCCCN)C1.Cl. The van der Waals surface area contributed by atoms with Crippen molar-refractivity contribution in [2.24, 2.45) is 17.6 Å². The highest BCUT2D eigenvalue weighted by molar-refractivity contribution is 5.85. The van der Waals surface area contributed by atoms with Gasteiger partial charge >= 0.3 is 0 Å². The Balaban J connectivity index is 0.00000225. The summed E-state index contributed by atoms with van der Waals surface area (Å²) >= 11 is 0. The van der Waals surface area contributed by atoms with Crippen LogP contribution in [-0.2, 0) is 4.79 Å². The predicted molar refractivity (Wildman–Crippen MR) is 69.7 cm³/mol. The first kappa shape index (κ1) is 15.7. The fourth-order valence-electron chi connectivity index (χ4n) is 2.41. The van der Waals surface area contributed by atoms with Crippen LogP contribution < -0.4 is 11.1 Å². The summed E-state index contributed by atoms with van der Waals surface area (Å²) in [5.41, 5.74) is 5.37. The predicted octanol–water partition coefficient (Wildman–Crippen LogP) is 2.09. The van der Waals surface area contributed by atoms with E-state index in [2.05, 4.69) is 12.2 Å². The van der Waals surface area contributed by atoms with Gasteiger partial charge in [0.05, 0.1) is 0 Å². The molecule has 0 radical (unpaired) electrons. The molecule has 0 bridgehead atoms. The zero-order chi connectivity index (χ0) is 11.1. The molecular formula is C12H25ClN2O. The molecule has 0 heterocycles. The van der Waals surface area contributed by atoms with Gasteiger partial charge in [-0.15, -0.1) is 12.4 Å². The molecule has 0 aromatic heterocycles. The molecule has 1 amide bonds. The van der Waals surface area contributed by atoms with Crippen LogP contribution in [-0.4, -0.2) is 19.0 Å². The molecule has 1 aliphatic carbocycles. The molecule has 0 spiro atoms. The van der Waals surface area contributed by atoms with E-state index in [1.807, 2.05) is 0 Å². The Labute approximate surface area is 105 Å². The lowest BCUT2D eigenvalue weighted by atomic mass is 9.81. The van der Waals surface area contributed by atoms with Crippen LogP contribution >= 0.6 is 12.4 Å². The molecule has 0 saturated heterocycles. The molecule has 1 saturated carbocycles. The number of halogens is 1. The number of nitrogens with two attached hydrogens (primary N) is 1. The number of hydrogen-bond acceptors (Lipinski definition) is 2. The fourth-order valence-corrected chi connectivity index (χ4v) is 2.41. The third-order valence-corrected chi connectivity index (χ3v) is 3.22. The van der Waals surface area contributed by atoms with Crippen molar-refractivity contribution in [3.05, 3.63) is 0 Å². The summed E-state index contributed by atoms with van der Waals surface area (Å²) in [7, 11) is 0. The highest BCUT2D eigenvalue weighted by Gasteiger charge is 2.20. The van der Waals surface area contributed by atoms with E-state index in [1.165, 1.54) is 25.7 Å². The van der Waals surface area contributed by atoms with Crippen molar-refractivity contribution in [3.8, 4) is 0 Å². The number of carbonyl (C=O) groups excluding carboxylic acids is 1. The second-order valence-corrected chi connectivity index (χ2v) is 4.83. The molecule has 2 unspecified atom stereocenters. The minimum Gasteiger partial charge on any atom is -0.356 e. The van der Waals surface area contributed by atoms with Gasteiger partial charge in [0.25, 0.3) is 0 Å². The lowest BCUT2D eigenvalue weighted by Crippen LogP contribution is -2.29. The second kappa shape index (κ2) is 8.82. The minimum absolute atomic E-state index is 0. The first-order valence-electron chi connectivity index (χ1n) is 6.19. The lowest BCUT2D eigenvalue weighted by Gasteiger charge is -2.26. The van der Waals surface area contributed by atoms with Crippen LogP contribution in [0.5, 0.6) is 0 Å². The minimum atomic E-state index is 0. The highest BCUT2D eigenvalue weighted by Crippen LogP contribution is 2.30. The van der Waals surface area contributed by atoms with E-state index in [0.717, 1.165) is 25.3 Å². The Morgan fingerprint density at radius 3 is 2.81 bits per heavy atom. The molecule has 1 rings (SSSR count). The van der Waals surface area contributed by atoms with Crippen molar-refractivity contribution in [2.75, 3.05) is 13.1 Å². The van der Waals surface area contributed by atoms with Crippen LogP contribution in [0.1, 0.15) is 45.4 Å². The van der Waals surface area contributed by atoms with Crippen LogP contribution in [0.25, 0.3) is 0 Å². The van der Waals surface area contributed by atoms with Crippen molar-refractivity contribution >= 4 is 18.3 Å². The molecule has 16 heavy (non-hydrogen) atoms. The van der Waals surface area contributed by atoms with E-state index in [1.54, 1.807) is 0 Å². The van der Waals surface area contributed by atoms with Gasteiger partial charge < -0.3 is 11.1 Å². The fraction of sp³-hybridized carbons (Fsp3) is 0.917. The van der Waals surface area contributed by atoms with Gasteiger partial charge in [-0.3, -0.25) is 4.79 Å². The van der Waals surface area contributed by atoms with Gasteiger partial charge in [-0.25, -0.2) is 0 Å². The summed E-state index contributed by atoms with van der Waals surface area (Å²) in [5.74, 6) is 1.63. The molecule has 2 atom stereocenters. The maximum atomic E-state index is 11.5. The maximum absolute atomic E-state index is 11.5. The van der Waals surface area contributed by atoms with Crippen LogP contribution in [0.3, 0.4) is 0 Å². The summed E-state index contributed by atoms with van der Waals surface area (Å²) in [6.07, 6.45) is 6.69. The highest BCUT2D eigenvalue weighted by atomic mass is 35.5. The van der Waals surface area contributed by atoms with Gasteiger partial charge in [-0.2, -0.15) is 0 Å². The lowest BCUT2D eigenvalue weighted by molar-refractivity contribution is -0.122. The normalized spacial score (nSPS) is 24.6. The summed E-state index contributed by atoms with van der Waals surface area (Å²) in [6.45, 7) is 3.68. The Morgan fingerprint density at radius 1 is 1.44 bits per heavy atom. The second-order valence-electron chi connectivity index (χ2n) is 4.83. The van der Waals surface area contributed by atoms with Crippen LogP contribution in [0.4, 0.5) is 0 Å². The van der Waals surface area contributed by atoms with E-state index in [-0.39, 0.29) is 18.3 Å². The Kier molecular flexibility index (Phi) is 8.67. The maximum Gasteiger partial charge on any atom is 0.220 e. The molecule has 3 nitrogen and oxygen atoms in total. The summed E-state index contributed by atoms with van der Waals surface area (Å²) in [6, 6.07) is 0. The summed E-state index contributed by atoms with van der Waals surface area (Å²) in [5, 5.41) is 2.93. The quantitative estimate of drug-likeness (QED) is 0.732. The Hall–Kier alpha value is -0.280. The number of carbonyl (C=O) groups is 1. The van der Waals surface area contributed by atoms with Gasteiger partial charge in [-0.1, -0.05) is 19.8 Å². The van der Waals surface area contributed by atoms with Gasteiger partial charge in [0, 0.05) is 13.0 Å². The topological polar surface area (TPSA) is 55.1 Å². The average molecular weight is 249 g/mol. The first-order chi connectivity index (χ1) is 7.22. The van der Waals surface area contributed by atoms with E-state index in [4.69, 9.17) is 5.73 Å². The number of hydrogen-bond donors (Lipinski definition) is 2. The van der Waals surface area contributed by atoms with E-state index in [0.29, 0.717) is 12.5 Å². The molecule has 1 fully saturated rings. The number of amides is 1. The summed E-state index contributed by atoms with van der Waals surface area (Å²) in [4.78, 5) is 11.5.